The van der Waals surface area contributed by atoms with Gasteiger partial charge in [0.25, 0.3) is 5.91 Å². The van der Waals surface area contributed by atoms with E-state index in [0.29, 0.717) is 4.91 Å². The second-order valence-electron chi connectivity index (χ2n) is 6.15. The molecule has 0 atom stereocenters. The third kappa shape index (κ3) is 3.63. The molecule has 1 aliphatic rings. The van der Waals surface area contributed by atoms with Gasteiger partial charge in [0, 0.05) is 36.3 Å². The molecule has 0 bridgehead atoms. The van der Waals surface area contributed by atoms with E-state index in [4.69, 9.17) is 0 Å². The highest BCUT2D eigenvalue weighted by Gasteiger charge is 2.21. The van der Waals surface area contributed by atoms with Gasteiger partial charge >= 0.3 is 0 Å². The van der Waals surface area contributed by atoms with Crippen LogP contribution in [0.15, 0.2) is 53.8 Å². The van der Waals surface area contributed by atoms with Gasteiger partial charge in [-0.25, -0.2) is 4.98 Å². The molecule has 1 amide bonds. The quantitative estimate of drug-likeness (QED) is 0.366. The van der Waals surface area contributed by atoms with E-state index in [-0.39, 0.29) is 5.91 Å². The third-order valence-electron chi connectivity index (χ3n) is 4.42. The predicted octanol–water partition coefficient (Wildman–Crippen LogP) is 4.67. The maximum atomic E-state index is 12.8. The minimum absolute atomic E-state index is 0.0973. The highest BCUT2D eigenvalue weighted by atomic mass is 127. The number of amides is 1. The minimum Gasteiger partial charge on any atom is -0.346 e. The summed E-state index contributed by atoms with van der Waals surface area (Å²) in [5.41, 5.74) is 4.72. The highest BCUT2D eigenvalue weighted by Crippen LogP contribution is 2.33. The summed E-state index contributed by atoms with van der Waals surface area (Å²) < 4.78 is 3.07. The van der Waals surface area contributed by atoms with E-state index in [1.165, 1.54) is 0 Å². The SMILES string of the molecule is Cc1c[nH]c2nccc(N3C=C(C(=O)Nc4ccccc4NI)SCC3)c12. The lowest BCUT2D eigenvalue weighted by Crippen LogP contribution is -2.27. The van der Waals surface area contributed by atoms with E-state index in [1.54, 1.807) is 18.0 Å². The molecule has 3 N–H and O–H groups in total. The number of thioether (sulfide) groups is 1. The zero-order valence-electron chi connectivity index (χ0n) is 14.6. The molecule has 6 nitrogen and oxygen atoms in total. The van der Waals surface area contributed by atoms with Gasteiger partial charge in [0.2, 0.25) is 0 Å². The van der Waals surface area contributed by atoms with Crippen molar-refractivity contribution in [2.24, 2.45) is 0 Å². The van der Waals surface area contributed by atoms with E-state index >= 15 is 0 Å². The maximum absolute atomic E-state index is 12.8. The van der Waals surface area contributed by atoms with Gasteiger partial charge in [-0.15, -0.1) is 11.8 Å². The van der Waals surface area contributed by atoms with Gasteiger partial charge < -0.3 is 18.7 Å². The van der Waals surface area contributed by atoms with Crippen molar-refractivity contribution in [3.63, 3.8) is 0 Å². The zero-order chi connectivity index (χ0) is 18.8. The Labute approximate surface area is 175 Å². The molecule has 0 saturated carbocycles. The van der Waals surface area contributed by atoms with Crippen molar-refractivity contribution < 1.29 is 4.79 Å². The van der Waals surface area contributed by atoms with Crippen LogP contribution in [0.1, 0.15) is 5.56 Å². The fourth-order valence-electron chi connectivity index (χ4n) is 3.11. The molecule has 27 heavy (non-hydrogen) atoms. The van der Waals surface area contributed by atoms with Crippen LogP contribution in [0, 0.1) is 6.92 Å². The predicted molar refractivity (Wildman–Crippen MR) is 121 cm³/mol. The van der Waals surface area contributed by atoms with E-state index < -0.39 is 0 Å². The Morgan fingerprint density at radius 3 is 2.93 bits per heavy atom. The number of nitrogens with one attached hydrogen (secondary N) is 3. The van der Waals surface area contributed by atoms with Crippen molar-refractivity contribution in [1.82, 2.24) is 9.97 Å². The summed E-state index contributed by atoms with van der Waals surface area (Å²) in [6.07, 6.45) is 5.70. The van der Waals surface area contributed by atoms with Gasteiger partial charge in [-0.2, -0.15) is 0 Å². The van der Waals surface area contributed by atoms with Gasteiger partial charge in [-0.1, -0.05) is 12.1 Å². The first-order valence-electron chi connectivity index (χ1n) is 8.48. The number of benzene rings is 1. The van der Waals surface area contributed by atoms with Crippen LogP contribution in [0.2, 0.25) is 0 Å². The van der Waals surface area contributed by atoms with Crippen LogP contribution in [-0.4, -0.2) is 28.2 Å². The van der Waals surface area contributed by atoms with E-state index in [2.05, 4.69) is 53.5 Å². The van der Waals surface area contributed by atoms with Crippen LogP contribution in [0.5, 0.6) is 0 Å². The fourth-order valence-corrected chi connectivity index (χ4v) is 4.47. The fraction of sp³-hybridized carbons (Fsp3) is 0.158. The van der Waals surface area contributed by atoms with E-state index in [1.807, 2.05) is 42.7 Å². The molecule has 4 rings (SSSR count). The smallest absolute Gasteiger partial charge is 0.263 e. The molecule has 3 aromatic rings. The van der Waals surface area contributed by atoms with Gasteiger partial charge in [0.15, 0.2) is 0 Å². The second kappa shape index (κ2) is 7.81. The first-order valence-corrected chi connectivity index (χ1v) is 10.5. The molecule has 3 heterocycles. The Bertz CT molecular complexity index is 1030. The van der Waals surface area contributed by atoms with E-state index in [0.717, 1.165) is 46.0 Å². The van der Waals surface area contributed by atoms with Gasteiger partial charge in [0.05, 0.1) is 44.8 Å². The summed E-state index contributed by atoms with van der Waals surface area (Å²) >= 11 is 3.64. The second-order valence-corrected chi connectivity index (χ2v) is 7.83. The molecule has 1 aromatic carbocycles. The summed E-state index contributed by atoms with van der Waals surface area (Å²) in [6.45, 7) is 2.91. The number of anilines is 3. The number of carbonyl (C=O) groups is 1. The molecule has 0 fully saturated rings. The molecule has 0 spiro atoms. The lowest BCUT2D eigenvalue weighted by molar-refractivity contribution is -0.112. The van der Waals surface area contributed by atoms with E-state index in [9.17, 15) is 4.79 Å². The molecule has 1 aliphatic heterocycles. The van der Waals surface area contributed by atoms with Crippen molar-refractivity contribution in [2.75, 3.05) is 26.0 Å². The molecular weight excluding hydrogens is 473 g/mol. The highest BCUT2D eigenvalue weighted by molar-refractivity contribution is 14.1. The van der Waals surface area contributed by atoms with Crippen molar-refractivity contribution in [1.29, 1.82) is 0 Å². The molecule has 0 unspecified atom stereocenters. The average Bonchev–Trinajstić information content (AvgIpc) is 3.09. The summed E-state index contributed by atoms with van der Waals surface area (Å²) in [7, 11) is 0. The topological polar surface area (TPSA) is 73.0 Å². The zero-order valence-corrected chi connectivity index (χ0v) is 17.6. The van der Waals surface area contributed by atoms with Crippen molar-refractivity contribution in [3.05, 3.63) is 59.4 Å². The number of aromatic nitrogens is 2. The molecular formula is C19H18IN5OS. The maximum Gasteiger partial charge on any atom is 0.263 e. The number of nitrogens with zero attached hydrogens (tertiary/aromatic N) is 2. The first-order chi connectivity index (χ1) is 13.2. The number of H-pyrrole nitrogens is 1. The number of halogens is 1. The van der Waals surface area contributed by atoms with Crippen LogP contribution in [0.3, 0.4) is 0 Å². The van der Waals surface area contributed by atoms with Crippen molar-refractivity contribution >= 4 is 68.6 Å². The monoisotopic (exact) mass is 491 g/mol. The molecule has 0 saturated heterocycles. The number of pyridine rings is 1. The van der Waals surface area contributed by atoms with Crippen LogP contribution in [0.25, 0.3) is 11.0 Å². The van der Waals surface area contributed by atoms with Gasteiger partial charge in [0.1, 0.15) is 5.65 Å². The summed E-state index contributed by atoms with van der Waals surface area (Å²) in [5.74, 6) is 0.749. The lowest BCUT2D eigenvalue weighted by Gasteiger charge is -2.27. The largest absolute Gasteiger partial charge is 0.346 e. The Hall–Kier alpha value is -2.20. The summed E-state index contributed by atoms with van der Waals surface area (Å²) in [6, 6.07) is 9.66. The average molecular weight is 491 g/mol. The van der Waals surface area contributed by atoms with Crippen molar-refractivity contribution in [2.45, 2.75) is 6.92 Å². The molecule has 0 radical (unpaired) electrons. The normalized spacial score (nSPS) is 14.1. The lowest BCUT2D eigenvalue weighted by atomic mass is 10.2. The number of carbonyl (C=O) groups excluding carboxylic acids is 1. The number of rotatable bonds is 4. The number of aromatic amines is 1. The third-order valence-corrected chi connectivity index (χ3v) is 5.99. The Kier molecular flexibility index (Phi) is 5.26. The van der Waals surface area contributed by atoms with Crippen LogP contribution < -0.4 is 13.7 Å². The summed E-state index contributed by atoms with van der Waals surface area (Å²) in [5, 5.41) is 4.10. The number of aryl methyl sites for hydroxylation is 1. The Morgan fingerprint density at radius 2 is 2.11 bits per heavy atom. The standard InChI is InChI=1S/C19H18IN5OS/c1-12-10-22-18-17(12)15(6-7-21-18)25-8-9-27-16(11-25)19(26)23-13-4-2-3-5-14(13)24-20/h2-7,10-11,24H,8-9H2,1H3,(H,21,22)(H,23,26). The molecule has 8 heteroatoms. The minimum atomic E-state index is -0.0973. The number of hydrogen-bond donors (Lipinski definition) is 3. The van der Waals surface area contributed by atoms with Crippen molar-refractivity contribution in [3.8, 4) is 0 Å². The van der Waals surface area contributed by atoms with Crippen LogP contribution in [-0.2, 0) is 4.79 Å². The number of hydrogen-bond acceptors (Lipinski definition) is 5. The van der Waals surface area contributed by atoms with Gasteiger partial charge in [-0.3, -0.25) is 4.79 Å². The van der Waals surface area contributed by atoms with Gasteiger partial charge in [-0.05, 0) is 30.7 Å². The number of fused-ring (bicyclic) bond motifs is 1. The summed E-state index contributed by atoms with van der Waals surface area (Å²) in [4.78, 5) is 23.2. The molecule has 0 aliphatic carbocycles. The van der Waals surface area contributed by atoms with Crippen LogP contribution in [0.4, 0.5) is 17.1 Å². The first kappa shape index (κ1) is 18.2. The number of para-hydroxylation sites is 2. The molecule has 2 aromatic heterocycles. The Balaban J connectivity index is 1.63. The Morgan fingerprint density at radius 1 is 1.30 bits per heavy atom. The molecule has 138 valence electrons. The van der Waals surface area contributed by atoms with Crippen LogP contribution >= 0.6 is 34.6 Å².